The van der Waals surface area contributed by atoms with E-state index in [0.717, 1.165) is 15.6 Å². The highest BCUT2D eigenvalue weighted by Gasteiger charge is 2.25. The third-order valence-electron chi connectivity index (χ3n) is 4.25. The molecule has 0 saturated carbocycles. The van der Waals surface area contributed by atoms with E-state index in [1.807, 2.05) is 6.08 Å². The highest BCUT2D eigenvalue weighted by atomic mass is 127. The Morgan fingerprint density at radius 3 is 2.65 bits per heavy atom. The number of aryl methyl sites for hydroxylation is 2. The fourth-order valence-electron chi connectivity index (χ4n) is 3.13. The number of hydrogen-bond donors (Lipinski definition) is 1. The molecule has 1 amide bonds. The fraction of sp³-hybridized carbons (Fsp3) is 0.278. The number of carbonyl (C=O) groups excluding carboxylic acids is 1. The van der Waals surface area contributed by atoms with Crippen LogP contribution in [0.2, 0.25) is 0 Å². The average molecular weight is 424 g/mol. The number of hydrogen-bond acceptors (Lipinski definition) is 1. The molecule has 0 spiro atoms. The van der Waals surface area contributed by atoms with Crippen LogP contribution in [0, 0.1) is 23.2 Å². The van der Waals surface area contributed by atoms with E-state index < -0.39 is 0 Å². The summed E-state index contributed by atoms with van der Waals surface area (Å²) >= 11 is 2.09. The number of allylic oxidation sites excluding steroid dienone is 1. The Labute approximate surface area is 148 Å². The van der Waals surface area contributed by atoms with Crippen LogP contribution in [0.15, 0.2) is 42.0 Å². The van der Waals surface area contributed by atoms with Crippen molar-refractivity contribution in [3.05, 3.63) is 62.8 Å². The number of benzene rings is 1. The first kappa shape index (κ1) is 16.2. The lowest BCUT2D eigenvalue weighted by Crippen LogP contribution is -2.16. The number of nitrogens with one attached hydrogen (secondary N) is 1. The Balaban J connectivity index is 1.71. The first-order valence-electron chi connectivity index (χ1n) is 7.55. The van der Waals surface area contributed by atoms with Crippen molar-refractivity contribution in [3.63, 3.8) is 0 Å². The quantitative estimate of drug-likeness (QED) is 0.710. The minimum atomic E-state index is -0.349. The zero-order valence-corrected chi connectivity index (χ0v) is 15.2. The highest BCUT2D eigenvalue weighted by Crippen LogP contribution is 2.33. The Kier molecular flexibility index (Phi) is 4.57. The van der Waals surface area contributed by atoms with Gasteiger partial charge >= 0.3 is 0 Å². The van der Waals surface area contributed by atoms with E-state index in [-0.39, 0.29) is 17.8 Å². The van der Waals surface area contributed by atoms with E-state index >= 15 is 0 Å². The van der Waals surface area contributed by atoms with Gasteiger partial charge in [-0.1, -0.05) is 6.08 Å². The van der Waals surface area contributed by atoms with Gasteiger partial charge in [-0.25, -0.2) is 4.39 Å². The molecule has 0 saturated heterocycles. The highest BCUT2D eigenvalue weighted by molar-refractivity contribution is 14.1. The molecule has 1 aliphatic rings. The van der Waals surface area contributed by atoms with Crippen LogP contribution < -0.4 is 5.32 Å². The van der Waals surface area contributed by atoms with Crippen molar-refractivity contribution in [2.45, 2.75) is 32.7 Å². The second kappa shape index (κ2) is 6.47. The number of rotatable bonds is 3. The lowest BCUT2D eigenvalue weighted by Gasteiger charge is -2.18. The van der Waals surface area contributed by atoms with Gasteiger partial charge in [-0.05, 0) is 79.6 Å². The maximum atomic E-state index is 13.3. The molecule has 1 N–H and O–H groups in total. The molecule has 0 bridgehead atoms. The Bertz CT molecular complexity index is 775. The number of carbonyl (C=O) groups is 1. The second-order valence-corrected chi connectivity index (χ2v) is 7.05. The molecule has 1 aromatic carbocycles. The van der Waals surface area contributed by atoms with Crippen LogP contribution in [0.3, 0.4) is 0 Å². The molecule has 23 heavy (non-hydrogen) atoms. The van der Waals surface area contributed by atoms with E-state index in [4.69, 9.17) is 0 Å². The third kappa shape index (κ3) is 3.34. The van der Waals surface area contributed by atoms with Gasteiger partial charge < -0.3 is 9.88 Å². The topological polar surface area (TPSA) is 34.0 Å². The molecule has 1 aromatic heterocycles. The summed E-state index contributed by atoms with van der Waals surface area (Å²) in [6, 6.07) is 8.89. The summed E-state index contributed by atoms with van der Waals surface area (Å²) in [5.74, 6) is -0.490. The molecule has 3 nitrogen and oxygen atoms in total. The number of aromatic nitrogens is 1. The van der Waals surface area contributed by atoms with Gasteiger partial charge in [0, 0.05) is 26.6 Å². The van der Waals surface area contributed by atoms with Crippen molar-refractivity contribution in [1.82, 2.24) is 4.57 Å². The zero-order chi connectivity index (χ0) is 16.6. The summed E-state index contributed by atoms with van der Waals surface area (Å²) in [6.07, 6.45) is 3.54. The van der Waals surface area contributed by atoms with Crippen LogP contribution in [0.5, 0.6) is 0 Å². The van der Waals surface area contributed by atoms with Gasteiger partial charge in [0.25, 0.3) is 5.91 Å². The number of halogens is 2. The summed E-state index contributed by atoms with van der Waals surface area (Å²) in [6.45, 7) is 4.17. The van der Waals surface area contributed by atoms with Crippen LogP contribution in [-0.4, -0.2) is 10.5 Å². The second-order valence-electron chi connectivity index (χ2n) is 5.89. The first-order valence-corrected chi connectivity index (χ1v) is 8.63. The maximum absolute atomic E-state index is 13.3. The standard InChI is InChI=1S/C18H18FIN2O/c1-11-3-4-12(2)22(11)15-7-5-13(9-15)18(23)21-17-10-14(19)6-8-16(17)20/h3-6,8,10,15H,7,9H2,1-2H3,(H,21,23)/t15-/m1/s1. The Hall–Kier alpha value is -1.63. The van der Waals surface area contributed by atoms with Crippen molar-refractivity contribution in [2.75, 3.05) is 5.32 Å². The predicted molar refractivity (Wildman–Crippen MR) is 98.0 cm³/mol. The lowest BCUT2D eigenvalue weighted by molar-refractivity contribution is -0.113. The van der Waals surface area contributed by atoms with Crippen LogP contribution in [0.25, 0.3) is 0 Å². The molecule has 2 aromatic rings. The van der Waals surface area contributed by atoms with Crippen molar-refractivity contribution in [1.29, 1.82) is 0 Å². The van der Waals surface area contributed by atoms with E-state index in [1.54, 1.807) is 6.07 Å². The van der Waals surface area contributed by atoms with Crippen molar-refractivity contribution < 1.29 is 9.18 Å². The summed E-state index contributed by atoms with van der Waals surface area (Å²) in [4.78, 5) is 12.4. The molecule has 1 aliphatic carbocycles. The lowest BCUT2D eigenvalue weighted by atomic mass is 10.1. The molecule has 3 rings (SSSR count). The van der Waals surface area contributed by atoms with Gasteiger partial charge in [0.2, 0.25) is 0 Å². The molecular weight excluding hydrogens is 406 g/mol. The van der Waals surface area contributed by atoms with Crippen LogP contribution in [0.4, 0.5) is 10.1 Å². The van der Waals surface area contributed by atoms with Crippen molar-refractivity contribution >= 4 is 34.2 Å². The van der Waals surface area contributed by atoms with E-state index in [2.05, 4.69) is 58.5 Å². The molecule has 5 heteroatoms. The van der Waals surface area contributed by atoms with Crippen LogP contribution in [0.1, 0.15) is 30.3 Å². The van der Waals surface area contributed by atoms with Gasteiger partial charge in [-0.15, -0.1) is 0 Å². The molecule has 0 unspecified atom stereocenters. The third-order valence-corrected chi connectivity index (χ3v) is 5.19. The largest absolute Gasteiger partial charge is 0.346 e. The van der Waals surface area contributed by atoms with Gasteiger partial charge in [0.15, 0.2) is 0 Å². The summed E-state index contributed by atoms with van der Waals surface area (Å²) < 4.78 is 16.4. The first-order chi connectivity index (χ1) is 11.0. The normalized spacial score (nSPS) is 17.2. The molecule has 1 atom stereocenters. The zero-order valence-electron chi connectivity index (χ0n) is 13.1. The van der Waals surface area contributed by atoms with Crippen LogP contribution >= 0.6 is 22.6 Å². The van der Waals surface area contributed by atoms with Crippen molar-refractivity contribution in [3.8, 4) is 0 Å². The molecule has 0 aliphatic heterocycles. The maximum Gasteiger partial charge on any atom is 0.251 e. The van der Waals surface area contributed by atoms with E-state index in [0.29, 0.717) is 12.1 Å². The summed E-state index contributed by atoms with van der Waals surface area (Å²) in [7, 11) is 0. The number of nitrogens with zero attached hydrogens (tertiary/aromatic N) is 1. The Morgan fingerprint density at radius 1 is 1.26 bits per heavy atom. The molecule has 0 fully saturated rings. The summed E-state index contributed by atoms with van der Waals surface area (Å²) in [5.41, 5.74) is 3.71. The molecule has 1 heterocycles. The van der Waals surface area contributed by atoms with Crippen LogP contribution in [-0.2, 0) is 4.79 Å². The molecule has 120 valence electrons. The van der Waals surface area contributed by atoms with E-state index in [1.165, 1.54) is 23.5 Å². The fourth-order valence-corrected chi connectivity index (χ4v) is 3.60. The SMILES string of the molecule is Cc1ccc(C)n1[C@@H]1CC=C(C(=O)Nc2cc(F)ccc2I)C1. The van der Waals surface area contributed by atoms with Crippen molar-refractivity contribution in [2.24, 2.45) is 0 Å². The minimum absolute atomic E-state index is 0.140. The average Bonchev–Trinajstić information content (AvgIpc) is 3.10. The predicted octanol–water partition coefficient (Wildman–Crippen LogP) is 4.75. The molecule has 0 radical (unpaired) electrons. The van der Waals surface area contributed by atoms with E-state index in [9.17, 15) is 9.18 Å². The number of amides is 1. The van der Waals surface area contributed by atoms with Gasteiger partial charge in [0.05, 0.1) is 5.69 Å². The minimum Gasteiger partial charge on any atom is -0.346 e. The summed E-state index contributed by atoms with van der Waals surface area (Å²) in [5, 5.41) is 2.82. The Morgan fingerprint density at radius 2 is 1.96 bits per heavy atom. The van der Waals surface area contributed by atoms with Gasteiger partial charge in [-0.3, -0.25) is 4.79 Å². The number of anilines is 1. The molecular formula is C18H18FIN2O. The monoisotopic (exact) mass is 424 g/mol. The van der Waals surface area contributed by atoms with Gasteiger partial charge in [-0.2, -0.15) is 0 Å². The van der Waals surface area contributed by atoms with Gasteiger partial charge in [0.1, 0.15) is 5.82 Å². The smallest absolute Gasteiger partial charge is 0.251 e.